The Morgan fingerprint density at radius 2 is 2.03 bits per heavy atom. The second kappa shape index (κ2) is 7.39. The van der Waals surface area contributed by atoms with Crippen molar-refractivity contribution >= 4 is 22.9 Å². The van der Waals surface area contributed by atoms with E-state index < -0.39 is 6.09 Å². The Balaban J connectivity index is 1.39. The molecule has 0 spiro atoms. The number of benzene rings is 1. The molecule has 1 aliphatic carbocycles. The number of piperazine rings is 1. The average molecular weight is 436 g/mol. The van der Waals surface area contributed by atoms with E-state index in [2.05, 4.69) is 35.1 Å². The van der Waals surface area contributed by atoms with E-state index in [1.165, 1.54) is 16.2 Å². The fourth-order valence-electron chi connectivity index (χ4n) is 5.07. The van der Waals surface area contributed by atoms with E-state index in [0.717, 1.165) is 41.6 Å². The summed E-state index contributed by atoms with van der Waals surface area (Å²) >= 11 is 0. The first kappa shape index (κ1) is 20.6. The standard InChI is InChI=1S/C24H29N5O3/c1-14-13-28(8-9-29(14)23(31)32)22(30)16-5-4-15-10-19(25-18(15)11-16)21-17-6-7-24(2,3)12-20(17)26-27-21/h4-5,10-11,14,25H,6-9,12-13H2,1-3H3,(H,26,27)(H,31,32). The molecule has 168 valence electrons. The molecule has 1 atom stereocenters. The third kappa shape index (κ3) is 3.53. The SMILES string of the molecule is CC1CN(C(=O)c2ccc3cc(-c4n[nH]c5c4CCC(C)(C)C5)[nH]c3c2)CCN1C(=O)O. The Hall–Kier alpha value is -3.29. The minimum atomic E-state index is -0.936. The zero-order valence-electron chi connectivity index (χ0n) is 18.7. The summed E-state index contributed by atoms with van der Waals surface area (Å²) in [5.41, 5.74) is 6.24. The Kier molecular flexibility index (Phi) is 4.76. The van der Waals surface area contributed by atoms with Gasteiger partial charge in [-0.25, -0.2) is 4.79 Å². The summed E-state index contributed by atoms with van der Waals surface area (Å²) in [5.74, 6) is -0.0701. The van der Waals surface area contributed by atoms with Gasteiger partial charge >= 0.3 is 6.09 Å². The van der Waals surface area contributed by atoms with Crippen LogP contribution >= 0.6 is 0 Å². The molecule has 0 saturated carbocycles. The van der Waals surface area contributed by atoms with Gasteiger partial charge in [0.1, 0.15) is 5.69 Å². The van der Waals surface area contributed by atoms with Gasteiger partial charge in [-0.05, 0) is 49.8 Å². The molecular weight excluding hydrogens is 406 g/mol. The summed E-state index contributed by atoms with van der Waals surface area (Å²) in [6, 6.07) is 7.56. The first-order valence-corrected chi connectivity index (χ1v) is 11.2. The zero-order chi connectivity index (χ0) is 22.6. The van der Waals surface area contributed by atoms with Gasteiger partial charge in [0.2, 0.25) is 0 Å². The first-order chi connectivity index (χ1) is 15.2. The summed E-state index contributed by atoms with van der Waals surface area (Å²) in [4.78, 5) is 31.0. The Morgan fingerprint density at radius 1 is 1.22 bits per heavy atom. The van der Waals surface area contributed by atoms with Gasteiger partial charge in [-0.3, -0.25) is 9.89 Å². The lowest BCUT2D eigenvalue weighted by Crippen LogP contribution is -2.55. The Morgan fingerprint density at radius 3 is 2.78 bits per heavy atom. The van der Waals surface area contributed by atoms with E-state index in [1.807, 2.05) is 25.1 Å². The molecule has 1 aromatic carbocycles. The average Bonchev–Trinajstić information content (AvgIpc) is 3.34. The lowest BCUT2D eigenvalue weighted by atomic mass is 9.76. The molecule has 5 rings (SSSR count). The Bertz CT molecular complexity index is 1210. The number of aromatic amines is 2. The van der Waals surface area contributed by atoms with Crippen LogP contribution in [0, 0.1) is 5.41 Å². The molecule has 1 fully saturated rings. The molecular formula is C24H29N5O3. The number of amides is 2. The maximum absolute atomic E-state index is 13.1. The van der Waals surface area contributed by atoms with Crippen molar-refractivity contribution in [3.63, 3.8) is 0 Å². The van der Waals surface area contributed by atoms with E-state index in [0.29, 0.717) is 30.6 Å². The molecule has 2 aliphatic rings. The topological polar surface area (TPSA) is 105 Å². The summed E-state index contributed by atoms with van der Waals surface area (Å²) in [7, 11) is 0. The van der Waals surface area contributed by atoms with Gasteiger partial charge in [-0.15, -0.1) is 0 Å². The fraction of sp³-hybridized carbons (Fsp3) is 0.458. The number of rotatable bonds is 2. The maximum Gasteiger partial charge on any atom is 0.407 e. The molecule has 1 saturated heterocycles. The molecule has 8 heteroatoms. The van der Waals surface area contributed by atoms with E-state index in [9.17, 15) is 14.7 Å². The number of carbonyl (C=O) groups is 2. The van der Waals surface area contributed by atoms with Crippen LogP contribution in [0.2, 0.25) is 0 Å². The minimum Gasteiger partial charge on any atom is -0.465 e. The smallest absolute Gasteiger partial charge is 0.407 e. The van der Waals surface area contributed by atoms with E-state index in [4.69, 9.17) is 0 Å². The normalized spacial score (nSPS) is 20.4. The number of carbonyl (C=O) groups excluding carboxylic acids is 1. The van der Waals surface area contributed by atoms with Crippen LogP contribution in [0.15, 0.2) is 24.3 Å². The molecule has 32 heavy (non-hydrogen) atoms. The highest BCUT2D eigenvalue weighted by molar-refractivity contribution is 5.99. The summed E-state index contributed by atoms with van der Waals surface area (Å²) in [6.45, 7) is 7.55. The quantitative estimate of drug-likeness (QED) is 0.568. The summed E-state index contributed by atoms with van der Waals surface area (Å²) < 4.78 is 0. The van der Waals surface area contributed by atoms with E-state index in [-0.39, 0.29) is 11.9 Å². The molecule has 2 amide bonds. The molecule has 1 aliphatic heterocycles. The van der Waals surface area contributed by atoms with Crippen molar-refractivity contribution in [2.75, 3.05) is 19.6 Å². The predicted molar refractivity (Wildman–Crippen MR) is 122 cm³/mol. The van der Waals surface area contributed by atoms with Gasteiger partial charge in [0.05, 0.1) is 5.69 Å². The van der Waals surface area contributed by atoms with Crippen LogP contribution in [0.25, 0.3) is 22.3 Å². The van der Waals surface area contributed by atoms with Crippen molar-refractivity contribution in [2.24, 2.45) is 5.41 Å². The second-order valence-electron chi connectivity index (χ2n) is 9.93. The zero-order valence-corrected chi connectivity index (χ0v) is 18.7. The van der Waals surface area contributed by atoms with Crippen molar-refractivity contribution in [1.29, 1.82) is 0 Å². The predicted octanol–water partition coefficient (Wildman–Crippen LogP) is 3.90. The monoisotopic (exact) mass is 435 g/mol. The highest BCUT2D eigenvalue weighted by atomic mass is 16.4. The Labute approximate surface area is 186 Å². The largest absolute Gasteiger partial charge is 0.465 e. The maximum atomic E-state index is 13.1. The second-order valence-corrected chi connectivity index (χ2v) is 9.93. The van der Waals surface area contributed by atoms with Crippen molar-refractivity contribution in [3.05, 3.63) is 41.1 Å². The highest BCUT2D eigenvalue weighted by Gasteiger charge is 2.31. The lowest BCUT2D eigenvalue weighted by Gasteiger charge is -2.38. The van der Waals surface area contributed by atoms with Gasteiger partial charge in [-0.1, -0.05) is 19.9 Å². The molecule has 0 bridgehead atoms. The highest BCUT2D eigenvalue weighted by Crippen LogP contribution is 2.38. The van der Waals surface area contributed by atoms with Crippen molar-refractivity contribution < 1.29 is 14.7 Å². The number of carboxylic acid groups (broad SMARTS) is 1. The van der Waals surface area contributed by atoms with Crippen LogP contribution in [0.1, 0.15) is 48.8 Å². The molecule has 8 nitrogen and oxygen atoms in total. The van der Waals surface area contributed by atoms with Crippen LogP contribution in [-0.4, -0.2) is 67.8 Å². The van der Waals surface area contributed by atoms with Gasteiger partial charge in [0, 0.05) is 53.4 Å². The van der Waals surface area contributed by atoms with Gasteiger partial charge in [0.25, 0.3) is 5.91 Å². The van der Waals surface area contributed by atoms with Crippen molar-refractivity contribution in [1.82, 2.24) is 25.0 Å². The lowest BCUT2D eigenvalue weighted by molar-refractivity contribution is 0.0507. The number of nitrogens with zero attached hydrogens (tertiary/aromatic N) is 3. The third-order valence-corrected chi connectivity index (χ3v) is 6.94. The molecule has 3 aromatic rings. The van der Waals surface area contributed by atoms with Crippen LogP contribution in [0.3, 0.4) is 0 Å². The molecule has 3 N–H and O–H groups in total. The number of aromatic nitrogens is 3. The summed E-state index contributed by atoms with van der Waals surface area (Å²) in [5, 5.41) is 18.1. The number of hydrogen-bond donors (Lipinski definition) is 3. The van der Waals surface area contributed by atoms with Crippen LogP contribution in [0.4, 0.5) is 4.79 Å². The number of hydrogen-bond acceptors (Lipinski definition) is 3. The first-order valence-electron chi connectivity index (χ1n) is 11.2. The van der Waals surface area contributed by atoms with Gasteiger partial charge in [0.15, 0.2) is 0 Å². The number of nitrogens with one attached hydrogen (secondary N) is 2. The number of H-pyrrole nitrogens is 2. The van der Waals surface area contributed by atoms with E-state index >= 15 is 0 Å². The third-order valence-electron chi connectivity index (χ3n) is 6.94. The number of fused-ring (bicyclic) bond motifs is 2. The van der Waals surface area contributed by atoms with Crippen LogP contribution in [-0.2, 0) is 12.8 Å². The van der Waals surface area contributed by atoms with Gasteiger partial charge < -0.3 is 19.9 Å². The molecule has 2 aromatic heterocycles. The summed E-state index contributed by atoms with van der Waals surface area (Å²) in [6.07, 6.45) is 2.21. The van der Waals surface area contributed by atoms with Crippen molar-refractivity contribution in [2.45, 2.75) is 46.1 Å². The van der Waals surface area contributed by atoms with Crippen molar-refractivity contribution in [3.8, 4) is 11.4 Å². The molecule has 1 unspecified atom stereocenters. The minimum absolute atomic E-state index is 0.0701. The molecule has 0 radical (unpaired) electrons. The van der Waals surface area contributed by atoms with Crippen LogP contribution < -0.4 is 0 Å². The van der Waals surface area contributed by atoms with E-state index in [1.54, 1.807) is 4.90 Å². The molecule has 3 heterocycles. The fourth-order valence-corrected chi connectivity index (χ4v) is 5.07. The van der Waals surface area contributed by atoms with Crippen LogP contribution in [0.5, 0.6) is 0 Å². The van der Waals surface area contributed by atoms with Gasteiger partial charge in [-0.2, -0.15) is 5.10 Å².